The number of hydrogen-bond acceptors (Lipinski definition) is 7. The number of amides is 2. The molecule has 0 radical (unpaired) electrons. The summed E-state index contributed by atoms with van der Waals surface area (Å²) in [5.74, 6) is 0.277. The lowest BCUT2D eigenvalue weighted by Crippen LogP contribution is -2.55. The van der Waals surface area contributed by atoms with Crippen molar-refractivity contribution in [1.29, 1.82) is 0 Å². The molecule has 34 heavy (non-hydrogen) atoms. The molecule has 0 bridgehead atoms. The topological polar surface area (TPSA) is 105 Å². The fourth-order valence-corrected chi connectivity index (χ4v) is 6.66. The summed E-state index contributed by atoms with van der Waals surface area (Å²) in [5.41, 5.74) is 0.767. The Balaban J connectivity index is 1.36. The quantitative estimate of drug-likeness (QED) is 0.607. The van der Waals surface area contributed by atoms with Gasteiger partial charge in [0.25, 0.3) is 5.91 Å². The van der Waals surface area contributed by atoms with Gasteiger partial charge in [0.05, 0.1) is 39.6 Å². The van der Waals surface area contributed by atoms with Crippen LogP contribution in [-0.2, 0) is 9.53 Å². The number of aromatic nitrogens is 2. The largest absolute Gasteiger partial charge is 0.388 e. The molecule has 10 heteroatoms. The van der Waals surface area contributed by atoms with E-state index in [0.717, 1.165) is 42.7 Å². The molecule has 2 N–H and O–H groups in total. The van der Waals surface area contributed by atoms with E-state index in [4.69, 9.17) is 16.3 Å². The number of ether oxygens (including phenoxy) is 1. The molecule has 1 saturated carbocycles. The summed E-state index contributed by atoms with van der Waals surface area (Å²) in [6.07, 6.45) is 5.55. The zero-order chi connectivity index (χ0) is 23.8. The third-order valence-corrected chi connectivity index (χ3v) is 8.59. The summed E-state index contributed by atoms with van der Waals surface area (Å²) in [6.45, 7) is 2.30. The first-order valence-corrected chi connectivity index (χ1v) is 13.1. The predicted octanol–water partition coefficient (Wildman–Crippen LogP) is 2.77. The van der Waals surface area contributed by atoms with Crippen molar-refractivity contribution in [3.8, 4) is 10.6 Å². The van der Waals surface area contributed by atoms with Crippen molar-refractivity contribution in [1.82, 2.24) is 20.2 Å². The van der Waals surface area contributed by atoms with Gasteiger partial charge in [0.15, 0.2) is 0 Å². The van der Waals surface area contributed by atoms with Gasteiger partial charge in [-0.3, -0.25) is 9.59 Å². The lowest BCUT2D eigenvalue weighted by atomic mass is 9.83. The Morgan fingerprint density at radius 1 is 1.26 bits per heavy atom. The summed E-state index contributed by atoms with van der Waals surface area (Å²) in [7, 11) is 0. The molecule has 182 valence electrons. The molecule has 2 saturated heterocycles. The van der Waals surface area contributed by atoms with Crippen LogP contribution in [0.15, 0.2) is 24.4 Å². The number of likely N-dealkylation sites (tertiary alicyclic amines) is 1. The van der Waals surface area contributed by atoms with Gasteiger partial charge in [0, 0.05) is 12.7 Å². The Hall–Kier alpha value is -2.07. The highest BCUT2D eigenvalue weighted by Gasteiger charge is 2.53. The first-order valence-electron chi connectivity index (χ1n) is 11.9. The van der Waals surface area contributed by atoms with Crippen LogP contribution in [0.2, 0.25) is 0 Å². The first-order chi connectivity index (χ1) is 16.4. The van der Waals surface area contributed by atoms with Crippen LogP contribution in [0.1, 0.15) is 47.6 Å². The molecule has 2 aliphatic heterocycles. The Morgan fingerprint density at radius 3 is 2.82 bits per heavy atom. The van der Waals surface area contributed by atoms with Gasteiger partial charge in [0.1, 0.15) is 18.0 Å². The number of thiophene rings is 1. The summed E-state index contributed by atoms with van der Waals surface area (Å²) in [6, 6.07) is 4.33. The minimum Gasteiger partial charge on any atom is -0.388 e. The summed E-state index contributed by atoms with van der Waals surface area (Å²) >= 11 is 7.80. The number of aliphatic hydroxyl groups is 1. The van der Waals surface area contributed by atoms with Crippen molar-refractivity contribution in [2.24, 2.45) is 5.92 Å². The SMILES string of the molecule is Cc1nccc(-c2ccc(C(=O)N[C@H](C(=O)N3C[C@H](Cl)[C@H]4OC[C@H](O)[C@H]43)C3CCCCC3)s2)n1. The second-order valence-corrected chi connectivity index (χ2v) is 11.0. The average molecular weight is 505 g/mol. The van der Waals surface area contributed by atoms with E-state index in [1.54, 1.807) is 17.2 Å². The van der Waals surface area contributed by atoms with E-state index in [-0.39, 0.29) is 35.8 Å². The zero-order valence-electron chi connectivity index (χ0n) is 19.0. The van der Waals surface area contributed by atoms with Gasteiger partial charge in [-0.15, -0.1) is 22.9 Å². The molecule has 0 unspecified atom stereocenters. The lowest BCUT2D eigenvalue weighted by Gasteiger charge is -2.35. The maximum atomic E-state index is 13.8. The maximum absolute atomic E-state index is 13.8. The third kappa shape index (κ3) is 4.58. The number of aliphatic hydroxyl groups excluding tert-OH is 1. The molecule has 5 atom stereocenters. The first kappa shape index (κ1) is 23.7. The number of carbonyl (C=O) groups excluding carboxylic acids is 2. The summed E-state index contributed by atoms with van der Waals surface area (Å²) in [4.78, 5) is 38.7. The van der Waals surface area contributed by atoms with E-state index >= 15 is 0 Å². The number of fused-ring (bicyclic) bond motifs is 1. The molecule has 2 amide bonds. The number of aryl methyl sites for hydroxylation is 1. The molecule has 2 aromatic rings. The minimum atomic E-state index is -0.767. The standard InChI is InChI=1S/C24H29ClN4O4S/c1-13-26-10-9-16(27-13)18-7-8-19(34-18)23(31)28-20(14-5-3-2-4-6-14)24(32)29-11-15(25)22-21(29)17(30)12-33-22/h7-10,14-15,17,20-22,30H,2-6,11-12H2,1H3,(H,28,31)/t15-,17-,20-,21+,22+/m0/s1. The summed E-state index contributed by atoms with van der Waals surface area (Å²) in [5, 5.41) is 13.1. The predicted molar refractivity (Wildman–Crippen MR) is 129 cm³/mol. The van der Waals surface area contributed by atoms with Gasteiger partial charge >= 0.3 is 0 Å². The fraction of sp³-hybridized carbons (Fsp3) is 0.583. The zero-order valence-corrected chi connectivity index (χ0v) is 20.6. The van der Waals surface area contributed by atoms with E-state index in [9.17, 15) is 14.7 Å². The molecule has 3 fully saturated rings. The van der Waals surface area contributed by atoms with Gasteiger partial charge in [-0.2, -0.15) is 0 Å². The highest BCUT2D eigenvalue weighted by Crippen LogP contribution is 2.35. The molecule has 0 aromatic carbocycles. The summed E-state index contributed by atoms with van der Waals surface area (Å²) < 4.78 is 5.64. The van der Waals surface area contributed by atoms with Crippen molar-refractivity contribution >= 4 is 34.8 Å². The number of carbonyl (C=O) groups is 2. The third-order valence-electron chi connectivity index (χ3n) is 7.09. The van der Waals surface area contributed by atoms with Gasteiger partial charge in [-0.1, -0.05) is 19.3 Å². The van der Waals surface area contributed by atoms with E-state index in [2.05, 4.69) is 15.3 Å². The Morgan fingerprint density at radius 2 is 2.06 bits per heavy atom. The lowest BCUT2D eigenvalue weighted by molar-refractivity contribution is -0.137. The van der Waals surface area contributed by atoms with Crippen molar-refractivity contribution in [2.45, 2.75) is 68.7 Å². The molecule has 5 rings (SSSR count). The van der Waals surface area contributed by atoms with Crippen LogP contribution in [0.25, 0.3) is 10.6 Å². The number of nitrogens with one attached hydrogen (secondary N) is 1. The Labute approximate surface area is 207 Å². The van der Waals surface area contributed by atoms with Crippen LogP contribution >= 0.6 is 22.9 Å². The normalized spacial score (nSPS) is 28.0. The van der Waals surface area contributed by atoms with Gasteiger partial charge < -0.3 is 20.1 Å². The van der Waals surface area contributed by atoms with E-state index in [1.165, 1.54) is 11.3 Å². The minimum absolute atomic E-state index is 0.0569. The van der Waals surface area contributed by atoms with Crippen LogP contribution in [0.3, 0.4) is 0 Å². The molecule has 3 aliphatic rings. The van der Waals surface area contributed by atoms with Gasteiger partial charge in [-0.05, 0) is 43.9 Å². The highest BCUT2D eigenvalue weighted by molar-refractivity contribution is 7.17. The number of rotatable bonds is 5. The van der Waals surface area contributed by atoms with Crippen molar-refractivity contribution in [2.75, 3.05) is 13.2 Å². The number of hydrogen-bond donors (Lipinski definition) is 2. The van der Waals surface area contributed by atoms with E-state index < -0.39 is 18.2 Å². The molecule has 0 spiro atoms. The van der Waals surface area contributed by atoms with Crippen LogP contribution in [0, 0.1) is 12.8 Å². The maximum Gasteiger partial charge on any atom is 0.262 e. The van der Waals surface area contributed by atoms with Crippen LogP contribution in [0.5, 0.6) is 0 Å². The monoisotopic (exact) mass is 504 g/mol. The van der Waals surface area contributed by atoms with Crippen LogP contribution < -0.4 is 5.32 Å². The average Bonchev–Trinajstić information content (AvgIpc) is 3.56. The molecule has 8 nitrogen and oxygen atoms in total. The number of halogens is 1. The number of nitrogens with zero attached hydrogens (tertiary/aromatic N) is 3. The van der Waals surface area contributed by atoms with Crippen molar-refractivity contribution in [3.63, 3.8) is 0 Å². The van der Waals surface area contributed by atoms with Crippen LogP contribution in [0.4, 0.5) is 0 Å². The molecular weight excluding hydrogens is 476 g/mol. The van der Waals surface area contributed by atoms with Gasteiger partial charge in [0.2, 0.25) is 5.91 Å². The fourth-order valence-electron chi connectivity index (χ4n) is 5.41. The Kier molecular flexibility index (Phi) is 6.88. The molecular formula is C24H29ClN4O4S. The molecule has 2 aromatic heterocycles. The second kappa shape index (κ2) is 9.89. The number of alkyl halides is 1. The van der Waals surface area contributed by atoms with Crippen molar-refractivity contribution < 1.29 is 19.4 Å². The molecule has 1 aliphatic carbocycles. The smallest absolute Gasteiger partial charge is 0.262 e. The Bertz CT molecular complexity index is 1060. The second-order valence-electron chi connectivity index (χ2n) is 9.36. The van der Waals surface area contributed by atoms with Gasteiger partial charge in [-0.25, -0.2) is 9.97 Å². The molecule has 4 heterocycles. The van der Waals surface area contributed by atoms with Crippen LogP contribution in [-0.4, -0.2) is 74.6 Å². The van der Waals surface area contributed by atoms with E-state index in [0.29, 0.717) is 17.2 Å². The van der Waals surface area contributed by atoms with E-state index in [1.807, 2.05) is 19.1 Å². The van der Waals surface area contributed by atoms with Crippen molar-refractivity contribution in [3.05, 3.63) is 35.1 Å². The highest BCUT2D eigenvalue weighted by atomic mass is 35.5.